The minimum atomic E-state index is -0.0481. The zero-order valence-corrected chi connectivity index (χ0v) is 13.6. The van der Waals surface area contributed by atoms with E-state index < -0.39 is 0 Å². The van der Waals surface area contributed by atoms with Crippen LogP contribution in [0.4, 0.5) is 5.82 Å². The van der Waals surface area contributed by atoms with Crippen LogP contribution in [-0.4, -0.2) is 26.1 Å². The third-order valence-electron chi connectivity index (χ3n) is 2.79. The van der Waals surface area contributed by atoms with E-state index in [2.05, 4.69) is 27.2 Å². The van der Waals surface area contributed by atoms with Gasteiger partial charge in [0.2, 0.25) is 0 Å². The van der Waals surface area contributed by atoms with E-state index in [0.717, 1.165) is 24.5 Å². The molecule has 6 nitrogen and oxygen atoms in total. The first kappa shape index (κ1) is 14.9. The summed E-state index contributed by atoms with van der Waals surface area (Å²) >= 11 is 1.99. The van der Waals surface area contributed by atoms with E-state index >= 15 is 0 Å². The fraction of sp³-hybridized carbons (Fsp3) is 0.385. The van der Waals surface area contributed by atoms with Crippen molar-refractivity contribution in [2.24, 2.45) is 0 Å². The molecule has 2 aromatic heterocycles. The number of hydrogen-bond acceptors (Lipinski definition) is 5. The molecule has 106 valence electrons. The van der Waals surface area contributed by atoms with Crippen LogP contribution in [0.25, 0.3) is 0 Å². The number of anilines is 1. The number of rotatable bonds is 5. The predicted octanol–water partition coefficient (Wildman–Crippen LogP) is 1.82. The second kappa shape index (κ2) is 6.78. The van der Waals surface area contributed by atoms with E-state index in [4.69, 9.17) is 0 Å². The summed E-state index contributed by atoms with van der Waals surface area (Å²) in [7, 11) is 0. The Morgan fingerprint density at radius 3 is 2.70 bits per heavy atom. The monoisotopic (exact) mass is 385 g/mol. The summed E-state index contributed by atoms with van der Waals surface area (Å²) in [4.78, 5) is 24.9. The molecule has 0 aliphatic rings. The summed E-state index contributed by atoms with van der Waals surface area (Å²) in [6, 6.07) is 0. The lowest BCUT2D eigenvalue weighted by Crippen LogP contribution is -2.26. The van der Waals surface area contributed by atoms with Gasteiger partial charge < -0.3 is 5.32 Å². The highest BCUT2D eigenvalue weighted by Gasteiger charge is 2.07. The average Bonchev–Trinajstić information content (AvgIpc) is 2.47. The van der Waals surface area contributed by atoms with Gasteiger partial charge in [-0.3, -0.25) is 14.3 Å². The third kappa shape index (κ3) is 3.53. The Balaban J connectivity index is 2.18. The molecule has 0 aromatic carbocycles. The van der Waals surface area contributed by atoms with Crippen molar-refractivity contribution >= 4 is 28.4 Å². The number of hydrogen-bond donors (Lipinski definition) is 1. The van der Waals surface area contributed by atoms with Gasteiger partial charge in [0.05, 0.1) is 28.2 Å². The van der Waals surface area contributed by atoms with E-state index in [9.17, 15) is 4.79 Å². The van der Waals surface area contributed by atoms with Crippen LogP contribution in [0, 0.1) is 10.5 Å². The molecule has 2 rings (SSSR count). The highest BCUT2D eigenvalue weighted by molar-refractivity contribution is 14.1. The lowest BCUT2D eigenvalue weighted by molar-refractivity contribution is 0.678. The van der Waals surface area contributed by atoms with Gasteiger partial charge in [0.25, 0.3) is 5.56 Å². The molecule has 0 fully saturated rings. The quantitative estimate of drug-likeness (QED) is 0.795. The Morgan fingerprint density at radius 2 is 2.05 bits per heavy atom. The molecule has 2 aromatic rings. The first-order valence-corrected chi connectivity index (χ1v) is 7.46. The standard InChI is InChI=1S/C13H16IN5O/c1-3-4-15-12-7-17-10(5-18-12)8-19-9(2)16-6-11(14)13(19)20/h5-7H,3-4,8H2,1-2H3,(H,15,18). The van der Waals surface area contributed by atoms with E-state index in [1.807, 2.05) is 29.5 Å². The maximum Gasteiger partial charge on any atom is 0.267 e. The molecule has 0 atom stereocenters. The van der Waals surface area contributed by atoms with Gasteiger partial charge >= 0.3 is 0 Å². The van der Waals surface area contributed by atoms with Crippen LogP contribution in [0.3, 0.4) is 0 Å². The smallest absolute Gasteiger partial charge is 0.267 e. The van der Waals surface area contributed by atoms with Gasteiger partial charge in [-0.1, -0.05) is 6.92 Å². The topological polar surface area (TPSA) is 72.7 Å². The number of nitrogens with zero attached hydrogens (tertiary/aromatic N) is 4. The maximum absolute atomic E-state index is 12.1. The molecule has 0 radical (unpaired) electrons. The Morgan fingerprint density at radius 1 is 1.25 bits per heavy atom. The van der Waals surface area contributed by atoms with Crippen molar-refractivity contribution in [3.05, 3.63) is 44.0 Å². The summed E-state index contributed by atoms with van der Waals surface area (Å²) < 4.78 is 2.20. The highest BCUT2D eigenvalue weighted by Crippen LogP contribution is 2.04. The zero-order chi connectivity index (χ0) is 14.5. The Labute approximate surface area is 130 Å². The number of aromatic nitrogens is 4. The second-order valence-electron chi connectivity index (χ2n) is 4.36. The molecular formula is C13H16IN5O. The molecule has 0 spiro atoms. The lowest BCUT2D eigenvalue weighted by atomic mass is 10.4. The maximum atomic E-state index is 12.1. The fourth-order valence-electron chi connectivity index (χ4n) is 1.68. The second-order valence-corrected chi connectivity index (χ2v) is 5.53. The van der Waals surface area contributed by atoms with Crippen molar-refractivity contribution in [3.8, 4) is 0 Å². The Hall–Kier alpha value is -1.51. The van der Waals surface area contributed by atoms with Crippen LogP contribution in [0.5, 0.6) is 0 Å². The van der Waals surface area contributed by atoms with Crippen molar-refractivity contribution in [3.63, 3.8) is 0 Å². The third-order valence-corrected chi connectivity index (χ3v) is 3.53. The minimum absolute atomic E-state index is 0.0481. The lowest BCUT2D eigenvalue weighted by Gasteiger charge is -2.09. The molecule has 7 heteroatoms. The number of aryl methyl sites for hydroxylation is 1. The summed E-state index contributed by atoms with van der Waals surface area (Å²) in [6.07, 6.45) is 5.99. The molecule has 2 heterocycles. The van der Waals surface area contributed by atoms with Gasteiger partial charge in [0.15, 0.2) is 0 Å². The molecule has 0 aliphatic heterocycles. The molecule has 0 unspecified atom stereocenters. The SMILES string of the molecule is CCCNc1cnc(Cn2c(C)ncc(I)c2=O)cn1. The van der Waals surface area contributed by atoms with Crippen LogP contribution in [0.15, 0.2) is 23.4 Å². The van der Waals surface area contributed by atoms with Gasteiger partial charge in [-0.15, -0.1) is 0 Å². The fourth-order valence-corrected chi connectivity index (χ4v) is 2.11. The van der Waals surface area contributed by atoms with Gasteiger partial charge in [-0.05, 0) is 35.9 Å². The molecule has 0 saturated carbocycles. The van der Waals surface area contributed by atoms with E-state index in [-0.39, 0.29) is 5.56 Å². The highest BCUT2D eigenvalue weighted by atomic mass is 127. The van der Waals surface area contributed by atoms with Gasteiger partial charge in [-0.25, -0.2) is 9.97 Å². The molecular weight excluding hydrogens is 369 g/mol. The van der Waals surface area contributed by atoms with Gasteiger partial charge in [0, 0.05) is 12.7 Å². The molecule has 1 N–H and O–H groups in total. The normalized spacial score (nSPS) is 10.6. The summed E-state index contributed by atoms with van der Waals surface area (Å²) in [5, 5.41) is 3.16. The molecule has 20 heavy (non-hydrogen) atoms. The van der Waals surface area contributed by atoms with E-state index in [0.29, 0.717) is 15.9 Å². The van der Waals surface area contributed by atoms with Crippen LogP contribution in [-0.2, 0) is 6.54 Å². The minimum Gasteiger partial charge on any atom is -0.369 e. The number of halogens is 1. The number of nitrogens with one attached hydrogen (secondary N) is 1. The first-order chi connectivity index (χ1) is 9.61. The van der Waals surface area contributed by atoms with E-state index in [1.54, 1.807) is 23.2 Å². The van der Waals surface area contributed by atoms with Gasteiger partial charge in [-0.2, -0.15) is 0 Å². The average molecular weight is 385 g/mol. The summed E-state index contributed by atoms with van der Waals surface area (Å²) in [5.74, 6) is 1.42. The van der Waals surface area contributed by atoms with Crippen LogP contribution in [0.2, 0.25) is 0 Å². The van der Waals surface area contributed by atoms with Crippen molar-refractivity contribution in [1.82, 2.24) is 19.5 Å². The predicted molar refractivity (Wildman–Crippen MR) is 85.9 cm³/mol. The van der Waals surface area contributed by atoms with Crippen LogP contribution < -0.4 is 10.9 Å². The van der Waals surface area contributed by atoms with Gasteiger partial charge in [0.1, 0.15) is 11.6 Å². The van der Waals surface area contributed by atoms with Crippen molar-refractivity contribution in [2.75, 3.05) is 11.9 Å². The van der Waals surface area contributed by atoms with Crippen LogP contribution in [0.1, 0.15) is 24.9 Å². The van der Waals surface area contributed by atoms with E-state index in [1.165, 1.54) is 0 Å². The first-order valence-electron chi connectivity index (χ1n) is 6.38. The Kier molecular flexibility index (Phi) is 5.05. The summed E-state index contributed by atoms with van der Waals surface area (Å²) in [6.45, 7) is 5.15. The van der Waals surface area contributed by atoms with Crippen molar-refractivity contribution < 1.29 is 0 Å². The van der Waals surface area contributed by atoms with Crippen LogP contribution >= 0.6 is 22.6 Å². The largest absolute Gasteiger partial charge is 0.369 e. The molecule has 0 saturated heterocycles. The Bertz CT molecular complexity index is 638. The van der Waals surface area contributed by atoms with Crippen molar-refractivity contribution in [1.29, 1.82) is 0 Å². The zero-order valence-electron chi connectivity index (χ0n) is 11.4. The molecule has 0 aliphatic carbocycles. The summed E-state index contributed by atoms with van der Waals surface area (Å²) in [5.41, 5.74) is 0.689. The molecule has 0 amide bonds. The van der Waals surface area contributed by atoms with Crippen molar-refractivity contribution in [2.45, 2.75) is 26.8 Å². The molecule has 0 bridgehead atoms.